The zero-order chi connectivity index (χ0) is 27.8. The van der Waals surface area contributed by atoms with E-state index in [9.17, 15) is 0 Å². The lowest BCUT2D eigenvalue weighted by Gasteiger charge is -2.59. The van der Waals surface area contributed by atoms with Crippen LogP contribution in [0.3, 0.4) is 0 Å². The number of hydrogen-bond donors (Lipinski definition) is 0. The monoisotopic (exact) mass is 552 g/mol. The molecule has 0 aromatic heterocycles. The lowest BCUT2D eigenvalue weighted by molar-refractivity contribution is -0.252. The maximum absolute atomic E-state index is 7.56. The molecule has 1 spiro atoms. The molecule has 3 fully saturated rings. The highest BCUT2D eigenvalue weighted by Gasteiger charge is 2.74. The van der Waals surface area contributed by atoms with E-state index >= 15 is 0 Å². The van der Waals surface area contributed by atoms with Gasteiger partial charge in [-0.25, -0.2) is 0 Å². The maximum atomic E-state index is 7.56. The average Bonchev–Trinajstić information content (AvgIpc) is 3.23. The maximum Gasteiger partial charge on any atom is 0.192 e. The first-order valence-corrected chi connectivity index (χ1v) is 21.3. The quantitative estimate of drug-likeness (QED) is 0.261. The summed E-state index contributed by atoms with van der Waals surface area (Å²) in [6.07, 6.45) is 11.6. The SMILES string of the molecule is C[C@@H]1C[C@H]2[C@]34O[C@@](CO[Si](C)(C)C(C)(C)C)(C[C@H]3C=CC[C@H]4C)C[C@]2(O[Si](C)(C)C)/C1=C\c1ccccc1. The van der Waals surface area contributed by atoms with Gasteiger partial charge < -0.3 is 13.6 Å². The van der Waals surface area contributed by atoms with Gasteiger partial charge in [-0.3, -0.25) is 0 Å². The Morgan fingerprint density at radius 1 is 1.05 bits per heavy atom. The van der Waals surface area contributed by atoms with E-state index in [1.54, 1.807) is 0 Å². The van der Waals surface area contributed by atoms with Crippen LogP contribution in [-0.2, 0) is 13.6 Å². The second kappa shape index (κ2) is 9.27. The van der Waals surface area contributed by atoms with E-state index in [2.05, 4.69) is 116 Å². The molecule has 0 N–H and O–H groups in total. The fourth-order valence-corrected chi connectivity index (χ4v) is 10.5. The van der Waals surface area contributed by atoms with E-state index < -0.39 is 16.6 Å². The molecule has 2 bridgehead atoms. The van der Waals surface area contributed by atoms with Crippen molar-refractivity contribution in [1.29, 1.82) is 0 Å². The molecule has 4 aliphatic rings. The summed E-state index contributed by atoms with van der Waals surface area (Å²) in [4.78, 5) is 0. The molecule has 3 nitrogen and oxygen atoms in total. The number of allylic oxidation sites excluding steroid dienone is 1. The third-order valence-electron chi connectivity index (χ3n) is 10.6. The third-order valence-corrected chi connectivity index (χ3v) is 16.1. The lowest BCUT2D eigenvalue weighted by atomic mass is 9.62. The van der Waals surface area contributed by atoms with Crippen molar-refractivity contribution in [3.8, 4) is 0 Å². The van der Waals surface area contributed by atoms with Crippen molar-refractivity contribution in [2.75, 3.05) is 6.61 Å². The second-order valence-corrected chi connectivity index (χ2v) is 24.8. The number of hydrogen-bond acceptors (Lipinski definition) is 3. The van der Waals surface area contributed by atoms with Gasteiger partial charge in [0.25, 0.3) is 0 Å². The zero-order valence-corrected chi connectivity index (χ0v) is 27.7. The van der Waals surface area contributed by atoms with Crippen molar-refractivity contribution < 1.29 is 13.6 Å². The number of fused-ring (bicyclic) bond motifs is 2. The van der Waals surface area contributed by atoms with Crippen molar-refractivity contribution in [2.45, 2.75) is 115 Å². The Kier molecular flexibility index (Phi) is 6.96. The lowest BCUT2D eigenvalue weighted by Crippen LogP contribution is -2.66. The molecule has 210 valence electrons. The fourth-order valence-electron chi connectivity index (χ4n) is 8.06. The van der Waals surface area contributed by atoms with Crippen molar-refractivity contribution in [2.24, 2.45) is 23.7 Å². The van der Waals surface area contributed by atoms with Crippen molar-refractivity contribution in [1.82, 2.24) is 0 Å². The van der Waals surface area contributed by atoms with Gasteiger partial charge in [-0.15, -0.1) is 0 Å². The van der Waals surface area contributed by atoms with E-state index in [1.165, 1.54) is 11.1 Å². The highest BCUT2D eigenvalue weighted by molar-refractivity contribution is 6.74. The highest BCUT2D eigenvalue weighted by Crippen LogP contribution is 2.70. The van der Waals surface area contributed by atoms with Crippen LogP contribution < -0.4 is 0 Å². The molecule has 5 heteroatoms. The molecule has 2 saturated heterocycles. The largest absolute Gasteiger partial charge is 0.414 e. The van der Waals surface area contributed by atoms with E-state index in [1.807, 2.05) is 0 Å². The third kappa shape index (κ3) is 4.58. The Bertz CT molecular complexity index is 1100. The van der Waals surface area contributed by atoms with Gasteiger partial charge in [-0.05, 0) is 80.0 Å². The number of rotatable bonds is 6. The van der Waals surface area contributed by atoms with E-state index in [-0.39, 0.29) is 21.8 Å². The topological polar surface area (TPSA) is 27.7 Å². The van der Waals surface area contributed by atoms with Gasteiger partial charge in [0, 0.05) is 18.3 Å². The Balaban J connectivity index is 1.67. The van der Waals surface area contributed by atoms with Gasteiger partial charge in [-0.2, -0.15) is 0 Å². The molecule has 1 saturated carbocycles. The summed E-state index contributed by atoms with van der Waals surface area (Å²) < 4.78 is 22.1. The first kappa shape index (κ1) is 28.5. The Hall–Kier alpha value is -0.986. The molecule has 5 rings (SSSR count). The minimum Gasteiger partial charge on any atom is -0.414 e. The molecular formula is C33H52O3Si2. The standard InChI is InChI=1S/C33H52O3Si2/c1-24-19-29-32(36-37(6,7)8,28(24)20-26-16-12-11-13-17-26)22-31(23-34-38(9,10)30(3,4)5)21-27-18-14-15-25(2)33(27,29)35-31/h11-14,16-18,20,24-25,27,29H,15,19,21-23H2,1-10H3/b28-20-/t24-,25-,27-,29-,31+,32+,33-/m1/s1. The van der Waals surface area contributed by atoms with Gasteiger partial charge in [0.2, 0.25) is 0 Å². The summed E-state index contributed by atoms with van der Waals surface area (Å²) in [5.41, 5.74) is 1.97. The normalized spacial score (nSPS) is 39.9. The molecule has 2 aliphatic heterocycles. The Morgan fingerprint density at radius 3 is 2.37 bits per heavy atom. The van der Waals surface area contributed by atoms with Crippen LogP contribution in [0.25, 0.3) is 6.08 Å². The van der Waals surface area contributed by atoms with Gasteiger partial charge in [0.15, 0.2) is 16.6 Å². The van der Waals surface area contributed by atoms with Crippen molar-refractivity contribution >= 4 is 22.7 Å². The highest BCUT2D eigenvalue weighted by atomic mass is 28.4. The smallest absolute Gasteiger partial charge is 0.192 e. The van der Waals surface area contributed by atoms with Crippen molar-refractivity contribution in [3.63, 3.8) is 0 Å². The summed E-state index contributed by atoms with van der Waals surface area (Å²) in [5.74, 6) is 1.71. The van der Waals surface area contributed by atoms with Crippen LogP contribution in [0.15, 0.2) is 48.1 Å². The van der Waals surface area contributed by atoms with Crippen LogP contribution in [0, 0.1) is 23.7 Å². The molecule has 0 amide bonds. The Morgan fingerprint density at radius 2 is 1.74 bits per heavy atom. The summed E-state index contributed by atoms with van der Waals surface area (Å²) in [7, 11) is -3.85. The molecule has 38 heavy (non-hydrogen) atoms. The minimum atomic E-state index is -1.94. The van der Waals surface area contributed by atoms with Crippen LogP contribution in [0.2, 0.25) is 37.8 Å². The van der Waals surface area contributed by atoms with Crippen molar-refractivity contribution in [3.05, 3.63) is 53.6 Å². The van der Waals surface area contributed by atoms with E-state index in [0.29, 0.717) is 30.3 Å². The predicted molar refractivity (Wildman–Crippen MR) is 164 cm³/mol. The molecule has 7 atom stereocenters. The van der Waals surface area contributed by atoms with Gasteiger partial charge >= 0.3 is 0 Å². The minimum absolute atomic E-state index is 0.170. The molecule has 1 aromatic carbocycles. The Labute approximate surface area is 234 Å². The van der Waals surface area contributed by atoms with Gasteiger partial charge in [-0.1, -0.05) is 83.2 Å². The van der Waals surface area contributed by atoms with Crippen LogP contribution in [0.5, 0.6) is 0 Å². The van der Waals surface area contributed by atoms with Crippen LogP contribution in [0.1, 0.15) is 65.9 Å². The van der Waals surface area contributed by atoms with Crippen LogP contribution in [0.4, 0.5) is 0 Å². The van der Waals surface area contributed by atoms with Gasteiger partial charge in [0.05, 0.1) is 23.4 Å². The first-order chi connectivity index (χ1) is 17.5. The fraction of sp³-hybridized carbons (Fsp3) is 0.697. The molecule has 0 unspecified atom stereocenters. The molecule has 0 radical (unpaired) electrons. The number of ether oxygens (including phenoxy) is 1. The molecule has 2 heterocycles. The summed E-state index contributed by atoms with van der Waals surface area (Å²) in [6.45, 7) is 24.4. The van der Waals surface area contributed by atoms with Crippen LogP contribution >= 0.6 is 0 Å². The van der Waals surface area contributed by atoms with Gasteiger partial charge in [0.1, 0.15) is 0 Å². The number of benzene rings is 1. The van der Waals surface area contributed by atoms with E-state index in [0.717, 1.165) is 25.7 Å². The summed E-state index contributed by atoms with van der Waals surface area (Å²) in [5, 5.41) is 0.170. The summed E-state index contributed by atoms with van der Waals surface area (Å²) in [6, 6.07) is 10.9. The first-order valence-electron chi connectivity index (χ1n) is 15.0. The summed E-state index contributed by atoms with van der Waals surface area (Å²) >= 11 is 0. The zero-order valence-electron chi connectivity index (χ0n) is 25.7. The molecule has 2 aliphatic carbocycles. The predicted octanol–water partition coefficient (Wildman–Crippen LogP) is 8.85. The average molecular weight is 553 g/mol. The van der Waals surface area contributed by atoms with Crippen LogP contribution in [-0.4, -0.2) is 40.0 Å². The molecular weight excluding hydrogens is 501 g/mol. The molecule has 1 aromatic rings. The second-order valence-electron chi connectivity index (χ2n) is 15.5. The van der Waals surface area contributed by atoms with E-state index in [4.69, 9.17) is 13.6 Å².